The number of aromatic nitrogens is 1. The molecule has 0 aliphatic carbocycles. The number of nitrogens with one attached hydrogen (secondary N) is 1. The third kappa shape index (κ3) is 9.56. The molecule has 0 bridgehead atoms. The molecular weight excluding hydrogens is 364 g/mol. The zero-order valence-electron chi connectivity index (χ0n) is 15.9. The first kappa shape index (κ1) is 22.9. The van der Waals surface area contributed by atoms with E-state index in [1.807, 2.05) is 53.4 Å². The van der Waals surface area contributed by atoms with Gasteiger partial charge in [-0.15, -0.1) is 0 Å². The summed E-state index contributed by atoms with van der Waals surface area (Å²) in [4.78, 5) is 19.1. The number of nitrogens with zero attached hydrogens (tertiary/aromatic N) is 1. The maximum atomic E-state index is 9.89. The van der Waals surface area contributed by atoms with Gasteiger partial charge in [-0.05, 0) is 24.3 Å². The molecule has 2 aromatic rings. The van der Waals surface area contributed by atoms with Crippen molar-refractivity contribution in [3.05, 3.63) is 60.9 Å². The van der Waals surface area contributed by atoms with Gasteiger partial charge in [0.15, 0.2) is 0 Å². The predicted molar refractivity (Wildman–Crippen MR) is 105 cm³/mol. The lowest BCUT2D eigenvalue weighted by Gasteiger charge is -2.17. The number of carboxylic acid groups (broad SMARTS) is 2. The molecule has 2 rings (SSSR count). The van der Waals surface area contributed by atoms with Gasteiger partial charge < -0.3 is 29.9 Å². The van der Waals surface area contributed by atoms with E-state index in [1.165, 1.54) is 0 Å². The second kappa shape index (κ2) is 12.3. The summed E-state index contributed by atoms with van der Waals surface area (Å²) in [6.45, 7) is 4.91. The van der Waals surface area contributed by atoms with Gasteiger partial charge in [-0.3, -0.25) is 0 Å². The summed E-state index contributed by atoms with van der Waals surface area (Å²) in [5.41, 5.74) is 0.974. The number of hydrogen-bond donors (Lipinski definition) is 4. The monoisotopic (exact) mass is 390 g/mol. The van der Waals surface area contributed by atoms with Crippen LogP contribution in [0.15, 0.2) is 60.9 Å². The van der Waals surface area contributed by atoms with Crippen molar-refractivity contribution in [1.82, 2.24) is 9.88 Å². The first-order valence-electron chi connectivity index (χ1n) is 8.70. The van der Waals surface area contributed by atoms with E-state index in [2.05, 4.69) is 19.2 Å². The third-order valence-electron chi connectivity index (χ3n) is 3.31. The summed E-state index contributed by atoms with van der Waals surface area (Å²) in [5, 5.41) is 28.7. The lowest BCUT2D eigenvalue weighted by Crippen LogP contribution is -2.35. The van der Waals surface area contributed by atoms with Gasteiger partial charge >= 0.3 is 11.9 Å². The largest absolute Gasteiger partial charge is 0.489 e. The quantitative estimate of drug-likeness (QED) is 0.483. The van der Waals surface area contributed by atoms with Gasteiger partial charge in [-0.2, -0.15) is 0 Å². The van der Waals surface area contributed by atoms with Gasteiger partial charge in [-0.25, -0.2) is 9.59 Å². The molecule has 0 saturated heterocycles. The second-order valence-corrected chi connectivity index (χ2v) is 6.10. The maximum Gasteiger partial charge on any atom is 0.328 e. The van der Waals surface area contributed by atoms with E-state index in [-0.39, 0.29) is 6.61 Å². The Morgan fingerprint density at radius 2 is 1.64 bits per heavy atom. The van der Waals surface area contributed by atoms with E-state index in [9.17, 15) is 14.7 Å². The van der Waals surface area contributed by atoms with Crippen LogP contribution in [0.2, 0.25) is 0 Å². The van der Waals surface area contributed by atoms with Crippen LogP contribution in [-0.2, 0) is 9.59 Å². The number of benzene rings is 1. The van der Waals surface area contributed by atoms with Crippen LogP contribution in [-0.4, -0.2) is 57.1 Å². The molecule has 0 amide bonds. The molecule has 4 N–H and O–H groups in total. The Bertz CT molecular complexity index is 740. The van der Waals surface area contributed by atoms with Gasteiger partial charge in [-0.1, -0.05) is 26.0 Å². The molecule has 1 unspecified atom stereocenters. The smallest absolute Gasteiger partial charge is 0.328 e. The van der Waals surface area contributed by atoms with Crippen LogP contribution in [0.1, 0.15) is 13.8 Å². The van der Waals surface area contributed by atoms with Crippen molar-refractivity contribution in [1.29, 1.82) is 0 Å². The summed E-state index contributed by atoms with van der Waals surface area (Å²) in [6, 6.07) is 12.1. The number of aliphatic hydroxyl groups is 1. The lowest BCUT2D eigenvalue weighted by atomic mass is 10.3. The van der Waals surface area contributed by atoms with Crippen molar-refractivity contribution in [3.8, 4) is 11.4 Å². The molecule has 8 heteroatoms. The fourth-order valence-corrected chi connectivity index (χ4v) is 2.05. The number of carboxylic acids is 2. The van der Waals surface area contributed by atoms with Crippen molar-refractivity contribution < 1.29 is 29.6 Å². The van der Waals surface area contributed by atoms with E-state index < -0.39 is 18.0 Å². The number of carbonyl (C=O) groups is 2. The van der Waals surface area contributed by atoms with Gasteiger partial charge in [0.1, 0.15) is 18.5 Å². The van der Waals surface area contributed by atoms with Gasteiger partial charge in [0.05, 0.1) is 5.69 Å². The fourth-order valence-electron chi connectivity index (χ4n) is 2.05. The summed E-state index contributed by atoms with van der Waals surface area (Å²) >= 11 is 0. The second-order valence-electron chi connectivity index (χ2n) is 6.10. The normalized spacial score (nSPS) is 11.7. The summed E-state index contributed by atoms with van der Waals surface area (Å²) < 4.78 is 7.74. The van der Waals surface area contributed by atoms with E-state index in [0.29, 0.717) is 24.7 Å². The summed E-state index contributed by atoms with van der Waals surface area (Å²) in [5.74, 6) is -1.74. The number of aliphatic carboxylic acids is 2. The highest BCUT2D eigenvalue weighted by molar-refractivity contribution is 5.89. The molecule has 28 heavy (non-hydrogen) atoms. The molecule has 8 nitrogen and oxygen atoms in total. The number of rotatable bonds is 9. The Balaban J connectivity index is 0.000000416. The van der Waals surface area contributed by atoms with Crippen molar-refractivity contribution in [2.45, 2.75) is 26.0 Å². The Morgan fingerprint density at radius 3 is 2.18 bits per heavy atom. The molecular formula is C20H26N2O6. The zero-order valence-corrected chi connectivity index (χ0v) is 15.9. The van der Waals surface area contributed by atoms with Crippen LogP contribution in [0.5, 0.6) is 5.75 Å². The molecule has 0 spiro atoms. The van der Waals surface area contributed by atoms with Crippen molar-refractivity contribution >= 4 is 11.9 Å². The van der Waals surface area contributed by atoms with Crippen molar-refractivity contribution in [2.75, 3.05) is 13.2 Å². The molecule has 1 aromatic carbocycles. The van der Waals surface area contributed by atoms with Crippen LogP contribution < -0.4 is 10.1 Å². The van der Waals surface area contributed by atoms with Gasteiger partial charge in [0, 0.05) is 37.1 Å². The Labute approximate surface area is 163 Å². The molecule has 1 heterocycles. The Hall–Kier alpha value is -3.10. The number of para-hydroxylation sites is 2. The standard InChI is InChI=1S/C16H22N2O2.C4H4O4/c1-13(2)17-11-14(19)12-20-16-8-4-3-7-15(16)18-9-5-6-10-18;5-3(6)1-2-4(7)8/h3-10,13-14,17,19H,11-12H2,1-2H3;1-2H,(H,5,6)(H,7,8)/b;2-1+. The number of aliphatic hydroxyl groups excluding tert-OH is 1. The summed E-state index contributed by atoms with van der Waals surface area (Å²) in [7, 11) is 0. The first-order valence-corrected chi connectivity index (χ1v) is 8.70. The average Bonchev–Trinajstić information content (AvgIpc) is 3.18. The molecule has 0 fully saturated rings. The molecule has 1 aromatic heterocycles. The highest BCUT2D eigenvalue weighted by Crippen LogP contribution is 2.22. The predicted octanol–water partition coefficient (Wildman–Crippen LogP) is 1.93. The molecule has 0 saturated carbocycles. The molecule has 0 aliphatic heterocycles. The van der Waals surface area contributed by atoms with Crippen molar-refractivity contribution in [2.24, 2.45) is 0 Å². The van der Waals surface area contributed by atoms with E-state index in [0.717, 1.165) is 11.4 Å². The van der Waals surface area contributed by atoms with Gasteiger partial charge in [0.2, 0.25) is 0 Å². The maximum absolute atomic E-state index is 9.89. The minimum atomic E-state index is -1.26. The highest BCUT2D eigenvalue weighted by Gasteiger charge is 2.09. The van der Waals surface area contributed by atoms with Crippen LogP contribution in [0.4, 0.5) is 0 Å². The Kier molecular flexibility index (Phi) is 10.1. The molecule has 0 aliphatic rings. The molecule has 0 radical (unpaired) electrons. The minimum absolute atomic E-state index is 0.276. The first-order chi connectivity index (χ1) is 13.3. The number of hydrogen-bond acceptors (Lipinski definition) is 5. The topological polar surface area (TPSA) is 121 Å². The fraction of sp³-hybridized carbons (Fsp3) is 0.300. The summed E-state index contributed by atoms with van der Waals surface area (Å²) in [6.07, 6.45) is 4.54. The van der Waals surface area contributed by atoms with E-state index >= 15 is 0 Å². The molecule has 1 atom stereocenters. The SMILES string of the molecule is CC(C)NCC(O)COc1ccccc1-n1cccc1.O=C(O)/C=C/C(=O)O. The van der Waals surface area contributed by atoms with Gasteiger partial charge in [0.25, 0.3) is 0 Å². The van der Waals surface area contributed by atoms with Crippen LogP contribution in [0, 0.1) is 0 Å². The highest BCUT2D eigenvalue weighted by atomic mass is 16.5. The Morgan fingerprint density at radius 1 is 1.07 bits per heavy atom. The van der Waals surface area contributed by atoms with E-state index in [4.69, 9.17) is 14.9 Å². The minimum Gasteiger partial charge on any atom is -0.489 e. The lowest BCUT2D eigenvalue weighted by molar-refractivity contribution is -0.134. The molecule has 152 valence electrons. The van der Waals surface area contributed by atoms with Crippen molar-refractivity contribution in [3.63, 3.8) is 0 Å². The van der Waals surface area contributed by atoms with E-state index in [1.54, 1.807) is 0 Å². The number of ether oxygens (including phenoxy) is 1. The third-order valence-corrected chi connectivity index (χ3v) is 3.31. The van der Waals surface area contributed by atoms with Crippen LogP contribution in [0.25, 0.3) is 5.69 Å². The van der Waals surface area contributed by atoms with Crippen LogP contribution in [0.3, 0.4) is 0 Å². The average molecular weight is 390 g/mol. The van der Waals surface area contributed by atoms with Crippen LogP contribution >= 0.6 is 0 Å². The zero-order chi connectivity index (χ0) is 20.9.